The number of nitriles is 1. The topological polar surface area (TPSA) is 73.2 Å². The van der Waals surface area contributed by atoms with Gasteiger partial charge in [-0.2, -0.15) is 5.26 Å². The van der Waals surface area contributed by atoms with Crippen LogP contribution in [-0.2, 0) is 29.6 Å². The van der Waals surface area contributed by atoms with Gasteiger partial charge in [-0.25, -0.2) is 4.79 Å². The molecular weight excluding hydrogens is 350 g/mol. The molecule has 28 heavy (non-hydrogen) atoms. The van der Waals surface area contributed by atoms with Crippen LogP contribution in [0, 0.1) is 11.3 Å². The number of imide groups is 1. The summed E-state index contributed by atoms with van der Waals surface area (Å²) in [5.74, 6) is -0.170. The fourth-order valence-electron chi connectivity index (χ4n) is 4.34. The third-order valence-corrected chi connectivity index (χ3v) is 5.98. The maximum absolute atomic E-state index is 13.3. The van der Waals surface area contributed by atoms with Crippen molar-refractivity contribution in [2.24, 2.45) is 0 Å². The van der Waals surface area contributed by atoms with Gasteiger partial charge < -0.3 is 5.32 Å². The third kappa shape index (κ3) is 2.86. The Labute approximate surface area is 165 Å². The minimum absolute atomic E-state index is 0.170. The maximum atomic E-state index is 13.3. The zero-order valence-electron chi connectivity index (χ0n) is 16.2. The molecule has 1 spiro atoms. The lowest BCUT2D eigenvalue weighted by Crippen LogP contribution is -2.51. The number of fused-ring (bicyclic) bond motifs is 1. The Morgan fingerprint density at radius 2 is 1.79 bits per heavy atom. The monoisotopic (exact) mass is 373 g/mol. The molecule has 142 valence electrons. The van der Waals surface area contributed by atoms with Gasteiger partial charge in [0.1, 0.15) is 5.54 Å². The number of hydrogen-bond acceptors (Lipinski definition) is 3. The SMILES string of the molecule is CC(C)(C#N)c1ccccc1CN1C(=O)NC2(CCc3ccccc3C2)C1=O. The number of urea groups is 1. The zero-order valence-corrected chi connectivity index (χ0v) is 16.2. The highest BCUT2D eigenvalue weighted by Gasteiger charge is 2.52. The molecule has 0 radical (unpaired) electrons. The van der Waals surface area contributed by atoms with Gasteiger partial charge in [0.05, 0.1) is 18.0 Å². The number of nitrogens with one attached hydrogen (secondary N) is 1. The van der Waals surface area contributed by atoms with Gasteiger partial charge in [0.2, 0.25) is 0 Å². The summed E-state index contributed by atoms with van der Waals surface area (Å²) in [5, 5.41) is 12.5. The van der Waals surface area contributed by atoms with E-state index < -0.39 is 11.0 Å². The van der Waals surface area contributed by atoms with Gasteiger partial charge in [-0.3, -0.25) is 9.69 Å². The molecule has 1 N–H and O–H groups in total. The molecule has 3 amide bonds. The minimum atomic E-state index is -0.856. The van der Waals surface area contributed by atoms with E-state index in [4.69, 9.17) is 0 Å². The maximum Gasteiger partial charge on any atom is 0.325 e. The Bertz CT molecular complexity index is 1000. The van der Waals surface area contributed by atoms with Crippen molar-refractivity contribution in [1.29, 1.82) is 5.26 Å². The van der Waals surface area contributed by atoms with E-state index in [1.165, 1.54) is 10.5 Å². The van der Waals surface area contributed by atoms with E-state index in [0.717, 1.165) is 23.1 Å². The van der Waals surface area contributed by atoms with Crippen LogP contribution in [0.1, 0.15) is 42.5 Å². The van der Waals surface area contributed by atoms with Crippen LogP contribution in [0.15, 0.2) is 48.5 Å². The lowest BCUT2D eigenvalue weighted by atomic mass is 9.78. The third-order valence-electron chi connectivity index (χ3n) is 5.98. The predicted octanol–water partition coefficient (Wildman–Crippen LogP) is 3.47. The van der Waals surface area contributed by atoms with Crippen LogP contribution in [0.3, 0.4) is 0 Å². The Balaban J connectivity index is 1.63. The van der Waals surface area contributed by atoms with Crippen molar-refractivity contribution in [2.75, 3.05) is 0 Å². The van der Waals surface area contributed by atoms with Gasteiger partial charge >= 0.3 is 6.03 Å². The standard InChI is InChI=1S/C23H23N3O2/c1-22(2,15-24)19-10-6-5-9-18(19)14-26-20(27)23(25-21(26)28)12-11-16-7-3-4-8-17(16)13-23/h3-10H,11-14H2,1-2H3,(H,25,28). The van der Waals surface area contributed by atoms with E-state index in [9.17, 15) is 14.9 Å². The van der Waals surface area contributed by atoms with Crippen molar-refractivity contribution in [3.63, 3.8) is 0 Å². The average Bonchev–Trinajstić information content (AvgIpc) is 2.92. The van der Waals surface area contributed by atoms with Crippen molar-refractivity contribution in [3.8, 4) is 6.07 Å². The number of amides is 3. The lowest BCUT2D eigenvalue weighted by molar-refractivity contribution is -0.132. The van der Waals surface area contributed by atoms with Crippen molar-refractivity contribution in [2.45, 2.75) is 50.6 Å². The second-order valence-electron chi connectivity index (χ2n) is 8.24. The Hall–Kier alpha value is -3.13. The van der Waals surface area contributed by atoms with E-state index in [1.54, 1.807) is 0 Å². The van der Waals surface area contributed by atoms with Gasteiger partial charge in [-0.05, 0) is 48.9 Å². The number of nitrogens with zero attached hydrogens (tertiary/aromatic N) is 2. The van der Waals surface area contributed by atoms with E-state index in [2.05, 4.69) is 17.5 Å². The lowest BCUT2D eigenvalue weighted by Gasteiger charge is -2.32. The first kappa shape index (κ1) is 18.2. The summed E-state index contributed by atoms with van der Waals surface area (Å²) >= 11 is 0. The Kier molecular flexibility index (Phi) is 4.23. The first-order chi connectivity index (χ1) is 13.4. The highest BCUT2D eigenvalue weighted by Crippen LogP contribution is 2.35. The Morgan fingerprint density at radius 3 is 2.54 bits per heavy atom. The molecule has 2 aliphatic rings. The summed E-state index contributed by atoms with van der Waals surface area (Å²) in [6.45, 7) is 3.86. The molecule has 5 heteroatoms. The van der Waals surface area contributed by atoms with Crippen LogP contribution in [0.25, 0.3) is 0 Å². The number of carbonyl (C=O) groups is 2. The largest absolute Gasteiger partial charge is 0.325 e. The van der Waals surface area contributed by atoms with Crippen molar-refractivity contribution >= 4 is 11.9 Å². The quantitative estimate of drug-likeness (QED) is 0.838. The smallest absolute Gasteiger partial charge is 0.323 e. The van der Waals surface area contributed by atoms with E-state index in [0.29, 0.717) is 12.8 Å². The van der Waals surface area contributed by atoms with E-state index in [-0.39, 0.29) is 18.5 Å². The molecule has 1 aliphatic heterocycles. The van der Waals surface area contributed by atoms with E-state index >= 15 is 0 Å². The molecule has 1 atom stereocenters. The molecule has 1 unspecified atom stereocenters. The fourth-order valence-corrected chi connectivity index (χ4v) is 4.34. The number of hydrogen-bond donors (Lipinski definition) is 1. The number of benzene rings is 2. The normalized spacial score (nSPS) is 21.4. The van der Waals surface area contributed by atoms with Crippen LogP contribution < -0.4 is 5.32 Å². The van der Waals surface area contributed by atoms with Crippen molar-refractivity contribution in [3.05, 3.63) is 70.8 Å². The summed E-state index contributed by atoms with van der Waals surface area (Å²) in [4.78, 5) is 27.4. The van der Waals surface area contributed by atoms with Crippen molar-refractivity contribution < 1.29 is 9.59 Å². The van der Waals surface area contributed by atoms with Gasteiger partial charge in [-0.15, -0.1) is 0 Å². The number of rotatable bonds is 3. The highest BCUT2D eigenvalue weighted by atomic mass is 16.2. The fraction of sp³-hybridized carbons (Fsp3) is 0.348. The second kappa shape index (κ2) is 6.49. The molecule has 4 rings (SSSR count). The molecule has 1 aliphatic carbocycles. The summed E-state index contributed by atoms with van der Waals surface area (Å²) < 4.78 is 0. The molecule has 5 nitrogen and oxygen atoms in total. The number of aryl methyl sites for hydroxylation is 1. The van der Waals surface area contributed by atoms with Crippen LogP contribution in [-0.4, -0.2) is 22.4 Å². The zero-order chi connectivity index (χ0) is 19.9. The summed E-state index contributed by atoms with van der Waals surface area (Å²) in [5.41, 5.74) is 2.48. The molecule has 2 aromatic carbocycles. The molecule has 0 saturated carbocycles. The predicted molar refractivity (Wildman–Crippen MR) is 105 cm³/mol. The first-order valence-corrected chi connectivity index (χ1v) is 9.57. The van der Waals surface area contributed by atoms with Crippen LogP contribution in [0.4, 0.5) is 4.79 Å². The van der Waals surface area contributed by atoms with Crippen LogP contribution in [0.5, 0.6) is 0 Å². The minimum Gasteiger partial charge on any atom is -0.323 e. The summed E-state index contributed by atoms with van der Waals surface area (Å²) in [6, 6.07) is 17.6. The van der Waals surface area contributed by atoms with Gasteiger partial charge in [-0.1, -0.05) is 48.5 Å². The molecule has 2 aromatic rings. The molecule has 0 aromatic heterocycles. The summed E-state index contributed by atoms with van der Waals surface area (Å²) in [7, 11) is 0. The van der Waals surface area contributed by atoms with Crippen molar-refractivity contribution in [1.82, 2.24) is 10.2 Å². The first-order valence-electron chi connectivity index (χ1n) is 9.57. The average molecular weight is 373 g/mol. The van der Waals surface area contributed by atoms with Gasteiger partial charge in [0.15, 0.2) is 0 Å². The summed E-state index contributed by atoms with van der Waals surface area (Å²) in [6.07, 6.45) is 1.90. The molecule has 1 saturated heterocycles. The van der Waals surface area contributed by atoms with E-state index in [1.807, 2.05) is 56.3 Å². The van der Waals surface area contributed by atoms with Gasteiger partial charge in [0.25, 0.3) is 5.91 Å². The second-order valence-corrected chi connectivity index (χ2v) is 8.24. The molecular formula is C23H23N3O2. The molecule has 1 fully saturated rings. The number of carbonyl (C=O) groups excluding carboxylic acids is 2. The van der Waals surface area contributed by atoms with Crippen LogP contribution >= 0.6 is 0 Å². The molecule has 1 heterocycles. The molecule has 0 bridgehead atoms. The Morgan fingerprint density at radius 1 is 1.11 bits per heavy atom. The highest BCUT2D eigenvalue weighted by molar-refractivity contribution is 6.07. The van der Waals surface area contributed by atoms with Gasteiger partial charge in [0, 0.05) is 6.42 Å². The van der Waals surface area contributed by atoms with Crippen LogP contribution in [0.2, 0.25) is 0 Å².